The van der Waals surface area contributed by atoms with E-state index in [4.69, 9.17) is 4.74 Å². The van der Waals surface area contributed by atoms with Crippen LogP contribution < -0.4 is 4.74 Å². The quantitative estimate of drug-likeness (QED) is 0.610. The molecule has 0 aliphatic carbocycles. The molecule has 0 N–H and O–H groups in total. The molecule has 1 nitrogen and oxygen atoms in total. The van der Waals surface area contributed by atoms with E-state index in [0.29, 0.717) is 0 Å². The number of hydrogen-bond acceptors (Lipinski definition) is 2. The lowest BCUT2D eigenvalue weighted by atomic mass is 10.2. The van der Waals surface area contributed by atoms with Gasteiger partial charge in [-0.3, -0.25) is 0 Å². The monoisotopic (exact) mass is 178 g/mol. The molecule has 0 amide bonds. The highest BCUT2D eigenvalue weighted by Crippen LogP contribution is 2.10. The van der Waals surface area contributed by atoms with Crippen LogP contribution in [0.1, 0.15) is 5.56 Å². The Morgan fingerprint density at radius 2 is 1.92 bits per heavy atom. The smallest absolute Gasteiger partial charge is 0.118 e. The fraction of sp³-hybridized carbons (Fsp3) is 0.200. The summed E-state index contributed by atoms with van der Waals surface area (Å²) in [5.74, 6) is 3.87. The first kappa shape index (κ1) is 9.02. The van der Waals surface area contributed by atoms with Gasteiger partial charge in [0.15, 0.2) is 0 Å². The largest absolute Gasteiger partial charge is 0.497 e. The van der Waals surface area contributed by atoms with Gasteiger partial charge in [-0.15, -0.1) is 0 Å². The van der Waals surface area contributed by atoms with Gasteiger partial charge in [-0.2, -0.15) is 0 Å². The molecule has 0 aliphatic heterocycles. The lowest BCUT2D eigenvalue weighted by Crippen LogP contribution is -1.81. The molecular formula is C10H10OS. The average Bonchev–Trinajstić information content (AvgIpc) is 2.15. The SMILES string of the molecule is COc1ccc(C#CSC)cc1. The summed E-state index contributed by atoms with van der Waals surface area (Å²) in [5.41, 5.74) is 1.02. The van der Waals surface area contributed by atoms with Gasteiger partial charge in [-0.05, 0) is 35.8 Å². The molecule has 0 unspecified atom stereocenters. The second kappa shape index (κ2) is 4.74. The van der Waals surface area contributed by atoms with Crippen LogP contribution in [0, 0.1) is 11.2 Å². The molecule has 0 heterocycles. The molecule has 12 heavy (non-hydrogen) atoms. The summed E-state index contributed by atoms with van der Waals surface area (Å²) in [7, 11) is 1.66. The van der Waals surface area contributed by atoms with Crippen LogP contribution in [-0.2, 0) is 0 Å². The van der Waals surface area contributed by atoms with Crippen molar-refractivity contribution in [3.8, 4) is 16.9 Å². The van der Waals surface area contributed by atoms with Crippen LogP contribution in [0.3, 0.4) is 0 Å². The van der Waals surface area contributed by atoms with E-state index in [9.17, 15) is 0 Å². The predicted octanol–water partition coefficient (Wildman–Crippen LogP) is 2.37. The van der Waals surface area contributed by atoms with E-state index in [1.165, 1.54) is 11.8 Å². The van der Waals surface area contributed by atoms with Gasteiger partial charge in [0.1, 0.15) is 5.75 Å². The molecule has 1 aromatic carbocycles. The standard InChI is InChI=1S/C10H10OS/c1-11-10-5-3-9(4-6-10)7-8-12-2/h3-6H,1-2H3. The van der Waals surface area contributed by atoms with Gasteiger partial charge in [-0.1, -0.05) is 17.7 Å². The van der Waals surface area contributed by atoms with Crippen molar-refractivity contribution in [2.75, 3.05) is 13.4 Å². The molecule has 1 rings (SSSR count). The summed E-state index contributed by atoms with van der Waals surface area (Å²) in [4.78, 5) is 0. The normalized spacial score (nSPS) is 8.50. The number of thioether (sulfide) groups is 1. The highest BCUT2D eigenvalue weighted by Gasteiger charge is 1.88. The average molecular weight is 178 g/mol. The van der Waals surface area contributed by atoms with Crippen molar-refractivity contribution >= 4 is 11.8 Å². The van der Waals surface area contributed by atoms with Gasteiger partial charge >= 0.3 is 0 Å². The van der Waals surface area contributed by atoms with Gasteiger partial charge < -0.3 is 4.74 Å². The Kier molecular flexibility index (Phi) is 3.56. The molecule has 0 fully saturated rings. The molecule has 62 valence electrons. The number of rotatable bonds is 1. The molecule has 1 aromatic rings. The van der Waals surface area contributed by atoms with Crippen molar-refractivity contribution in [3.63, 3.8) is 0 Å². The van der Waals surface area contributed by atoms with E-state index in [2.05, 4.69) is 11.2 Å². The Morgan fingerprint density at radius 3 is 2.42 bits per heavy atom. The lowest BCUT2D eigenvalue weighted by Gasteiger charge is -1.97. The zero-order valence-corrected chi connectivity index (χ0v) is 7.94. The Morgan fingerprint density at radius 1 is 1.25 bits per heavy atom. The Labute approximate surface area is 77.1 Å². The van der Waals surface area contributed by atoms with E-state index in [0.717, 1.165) is 11.3 Å². The molecule has 0 atom stereocenters. The number of ether oxygens (including phenoxy) is 1. The molecular weight excluding hydrogens is 168 g/mol. The maximum absolute atomic E-state index is 5.02. The van der Waals surface area contributed by atoms with Crippen LogP contribution >= 0.6 is 11.8 Å². The second-order valence-electron chi connectivity index (χ2n) is 2.16. The van der Waals surface area contributed by atoms with Crippen LogP contribution in [0.15, 0.2) is 24.3 Å². The summed E-state index contributed by atoms with van der Waals surface area (Å²) < 4.78 is 5.02. The third kappa shape index (κ3) is 2.52. The van der Waals surface area contributed by atoms with E-state index >= 15 is 0 Å². The summed E-state index contributed by atoms with van der Waals surface area (Å²) in [5, 5.41) is 2.93. The zero-order valence-electron chi connectivity index (χ0n) is 7.13. The van der Waals surface area contributed by atoms with E-state index in [1.54, 1.807) is 7.11 Å². The number of hydrogen-bond donors (Lipinski definition) is 0. The molecule has 0 saturated heterocycles. The number of methoxy groups -OCH3 is 1. The van der Waals surface area contributed by atoms with Crippen molar-refractivity contribution in [3.05, 3.63) is 29.8 Å². The molecule has 0 aliphatic rings. The minimum atomic E-state index is 0.865. The Balaban J connectivity index is 2.78. The minimum absolute atomic E-state index is 0.865. The van der Waals surface area contributed by atoms with Crippen molar-refractivity contribution in [1.82, 2.24) is 0 Å². The van der Waals surface area contributed by atoms with Gasteiger partial charge in [0.05, 0.1) is 7.11 Å². The minimum Gasteiger partial charge on any atom is -0.497 e. The molecule has 0 bridgehead atoms. The van der Waals surface area contributed by atoms with Crippen LogP contribution in [0.2, 0.25) is 0 Å². The first-order chi connectivity index (χ1) is 5.86. The number of benzene rings is 1. The predicted molar refractivity (Wildman–Crippen MR) is 53.4 cm³/mol. The van der Waals surface area contributed by atoms with E-state index in [-0.39, 0.29) is 0 Å². The van der Waals surface area contributed by atoms with Crippen LogP contribution in [0.4, 0.5) is 0 Å². The summed E-state index contributed by atoms with van der Waals surface area (Å²) in [6, 6.07) is 7.71. The van der Waals surface area contributed by atoms with Gasteiger partial charge in [0, 0.05) is 5.56 Å². The lowest BCUT2D eigenvalue weighted by molar-refractivity contribution is 0.415. The van der Waals surface area contributed by atoms with Gasteiger partial charge in [-0.25, -0.2) is 0 Å². The van der Waals surface area contributed by atoms with Gasteiger partial charge in [0.2, 0.25) is 0 Å². The summed E-state index contributed by atoms with van der Waals surface area (Å²) in [6.07, 6.45) is 1.95. The Hall–Kier alpha value is -1.07. The molecule has 0 spiro atoms. The zero-order chi connectivity index (χ0) is 8.81. The topological polar surface area (TPSA) is 9.23 Å². The molecule has 2 heteroatoms. The van der Waals surface area contributed by atoms with Crippen molar-refractivity contribution in [2.45, 2.75) is 0 Å². The Bertz CT molecular complexity index is 292. The van der Waals surface area contributed by atoms with Crippen molar-refractivity contribution in [1.29, 1.82) is 0 Å². The third-order valence-electron chi connectivity index (χ3n) is 1.39. The maximum Gasteiger partial charge on any atom is 0.118 e. The van der Waals surface area contributed by atoms with Crippen molar-refractivity contribution < 1.29 is 4.74 Å². The second-order valence-corrected chi connectivity index (χ2v) is 2.77. The van der Waals surface area contributed by atoms with Crippen molar-refractivity contribution in [2.24, 2.45) is 0 Å². The third-order valence-corrected chi connectivity index (χ3v) is 1.69. The van der Waals surface area contributed by atoms with E-state index in [1.807, 2.05) is 30.5 Å². The fourth-order valence-electron chi connectivity index (χ4n) is 0.784. The van der Waals surface area contributed by atoms with E-state index < -0.39 is 0 Å². The highest BCUT2D eigenvalue weighted by atomic mass is 32.2. The summed E-state index contributed by atoms with van der Waals surface area (Å²) in [6.45, 7) is 0. The molecule has 0 aromatic heterocycles. The molecule has 0 radical (unpaired) electrons. The van der Waals surface area contributed by atoms with Crippen LogP contribution in [-0.4, -0.2) is 13.4 Å². The summed E-state index contributed by atoms with van der Waals surface area (Å²) >= 11 is 1.51. The van der Waals surface area contributed by atoms with Crippen LogP contribution in [0.5, 0.6) is 5.75 Å². The van der Waals surface area contributed by atoms with Crippen LogP contribution in [0.25, 0.3) is 0 Å². The molecule has 0 saturated carbocycles. The first-order valence-electron chi connectivity index (χ1n) is 3.55. The van der Waals surface area contributed by atoms with Gasteiger partial charge in [0.25, 0.3) is 0 Å². The maximum atomic E-state index is 5.02. The fourth-order valence-corrected chi connectivity index (χ4v) is 1.00. The first-order valence-corrected chi connectivity index (χ1v) is 4.77. The highest BCUT2D eigenvalue weighted by molar-refractivity contribution is 8.03.